The number of aliphatic hydroxyl groups excluding tert-OH is 1. The van der Waals surface area contributed by atoms with E-state index >= 15 is 0 Å². The van der Waals surface area contributed by atoms with Crippen molar-refractivity contribution in [2.45, 2.75) is 44.5 Å². The average Bonchev–Trinajstić information content (AvgIpc) is 2.25. The zero-order valence-corrected chi connectivity index (χ0v) is 10.6. The highest BCUT2D eigenvalue weighted by Crippen LogP contribution is 2.30. The Hall–Kier alpha value is -1.07. The summed E-state index contributed by atoms with van der Waals surface area (Å²) in [6.45, 7) is 6.02. The molecule has 3 N–H and O–H groups in total. The van der Waals surface area contributed by atoms with Crippen LogP contribution in [0.1, 0.15) is 37.9 Å². The molecule has 0 aliphatic rings. The highest BCUT2D eigenvalue weighted by Gasteiger charge is 2.42. The summed E-state index contributed by atoms with van der Waals surface area (Å²) >= 11 is 0. The predicted molar refractivity (Wildman–Crippen MR) is 64.1 cm³/mol. The Morgan fingerprint density at radius 1 is 1.06 bits per heavy atom. The number of aliphatic hydroxyl groups is 1. The Bertz CT molecular complexity index is 392. The van der Waals surface area contributed by atoms with Crippen molar-refractivity contribution in [3.63, 3.8) is 0 Å². The molecule has 0 saturated heterocycles. The summed E-state index contributed by atoms with van der Waals surface area (Å²) in [7, 11) is 0. The van der Waals surface area contributed by atoms with E-state index in [1.54, 1.807) is 12.1 Å². The zero-order valence-electron chi connectivity index (χ0n) is 10.6. The minimum Gasteiger partial charge on any atom is -0.382 e. The minimum absolute atomic E-state index is 0.0781. The second kappa shape index (κ2) is 4.90. The van der Waals surface area contributed by atoms with Gasteiger partial charge in [0, 0.05) is 0 Å². The largest absolute Gasteiger partial charge is 0.416 e. The van der Waals surface area contributed by atoms with E-state index in [-0.39, 0.29) is 11.0 Å². The van der Waals surface area contributed by atoms with Gasteiger partial charge in [-0.3, -0.25) is 0 Å². The maximum atomic E-state index is 12.3. The maximum absolute atomic E-state index is 12.3. The molecule has 2 atom stereocenters. The highest BCUT2D eigenvalue weighted by molar-refractivity contribution is 5.29. The van der Waals surface area contributed by atoms with E-state index in [9.17, 15) is 13.2 Å². The van der Waals surface area contributed by atoms with Crippen molar-refractivity contribution in [1.29, 1.82) is 0 Å². The fourth-order valence-electron chi connectivity index (χ4n) is 1.59. The number of hydrogen-bond acceptors (Lipinski definition) is 2. The van der Waals surface area contributed by atoms with Gasteiger partial charge in [0.25, 0.3) is 0 Å². The molecule has 0 aromatic heterocycles. The van der Waals surface area contributed by atoms with Gasteiger partial charge in [0.2, 0.25) is 0 Å². The Morgan fingerprint density at radius 2 is 1.50 bits per heavy atom. The molecule has 0 saturated carbocycles. The molecular weight excluding hydrogens is 243 g/mol. The van der Waals surface area contributed by atoms with Crippen molar-refractivity contribution in [2.75, 3.05) is 0 Å². The Morgan fingerprint density at radius 3 is 1.83 bits per heavy atom. The van der Waals surface area contributed by atoms with Crippen molar-refractivity contribution < 1.29 is 18.3 Å². The smallest absolute Gasteiger partial charge is 0.382 e. The van der Waals surface area contributed by atoms with Gasteiger partial charge in [0.05, 0.1) is 6.04 Å². The first-order valence-corrected chi connectivity index (χ1v) is 5.64. The van der Waals surface area contributed by atoms with Gasteiger partial charge in [-0.05, 0) is 16.5 Å². The van der Waals surface area contributed by atoms with Crippen molar-refractivity contribution in [1.82, 2.24) is 0 Å². The second-order valence-corrected chi connectivity index (χ2v) is 5.38. The lowest BCUT2D eigenvalue weighted by atomic mass is 9.86. The highest BCUT2D eigenvalue weighted by atomic mass is 19.4. The molecule has 1 rings (SSSR count). The fourth-order valence-corrected chi connectivity index (χ4v) is 1.59. The van der Waals surface area contributed by atoms with E-state index < -0.39 is 18.3 Å². The van der Waals surface area contributed by atoms with Gasteiger partial charge in [-0.1, -0.05) is 45.0 Å². The van der Waals surface area contributed by atoms with Gasteiger partial charge < -0.3 is 10.8 Å². The molecule has 0 radical (unpaired) electrons. The third-order valence-electron chi connectivity index (χ3n) is 2.84. The van der Waals surface area contributed by atoms with E-state index in [4.69, 9.17) is 10.8 Å². The molecule has 0 heterocycles. The first-order valence-electron chi connectivity index (χ1n) is 5.64. The number of nitrogens with two attached hydrogens (primary N) is 1. The summed E-state index contributed by atoms with van der Waals surface area (Å²) in [5.41, 5.74) is 6.61. The van der Waals surface area contributed by atoms with Crippen LogP contribution >= 0.6 is 0 Å². The molecule has 0 spiro atoms. The molecule has 1 aromatic carbocycles. The third kappa shape index (κ3) is 3.46. The number of halogens is 3. The van der Waals surface area contributed by atoms with Crippen molar-refractivity contribution in [3.8, 4) is 0 Å². The lowest BCUT2D eigenvalue weighted by molar-refractivity contribution is -0.210. The standard InChI is InChI=1S/C13H18F3NO/c1-12(2,3)9-6-4-8(5-7-9)10(17)11(18)13(14,15)16/h4-7,10-11,18H,17H2,1-3H3/t10-,11-/m0/s1. The van der Waals surface area contributed by atoms with Gasteiger partial charge >= 0.3 is 6.18 Å². The summed E-state index contributed by atoms with van der Waals surface area (Å²) in [5, 5.41) is 9.09. The number of hydrogen-bond donors (Lipinski definition) is 2. The number of alkyl halides is 3. The lowest BCUT2D eigenvalue weighted by Crippen LogP contribution is -2.38. The molecule has 102 valence electrons. The summed E-state index contributed by atoms with van der Waals surface area (Å²) in [4.78, 5) is 0. The van der Waals surface area contributed by atoms with E-state index in [1.807, 2.05) is 20.8 Å². The molecule has 0 unspecified atom stereocenters. The molecule has 1 aromatic rings. The normalized spacial score (nSPS) is 16.4. The Labute approximate surface area is 105 Å². The van der Waals surface area contributed by atoms with Crippen LogP contribution in [0.25, 0.3) is 0 Å². The van der Waals surface area contributed by atoms with E-state index in [1.165, 1.54) is 12.1 Å². The molecular formula is C13H18F3NO. The van der Waals surface area contributed by atoms with Crippen LogP contribution < -0.4 is 5.73 Å². The quantitative estimate of drug-likeness (QED) is 0.859. The van der Waals surface area contributed by atoms with Crippen LogP contribution in [0.4, 0.5) is 13.2 Å². The molecule has 0 amide bonds. The summed E-state index contributed by atoms with van der Waals surface area (Å²) < 4.78 is 37.0. The molecule has 0 aliphatic heterocycles. The van der Waals surface area contributed by atoms with Gasteiger partial charge in [0.1, 0.15) is 0 Å². The molecule has 2 nitrogen and oxygen atoms in total. The summed E-state index contributed by atoms with van der Waals surface area (Å²) in [6.07, 6.45) is -7.25. The van der Waals surface area contributed by atoms with Crippen LogP contribution in [0.5, 0.6) is 0 Å². The summed E-state index contributed by atoms with van der Waals surface area (Å²) in [6, 6.07) is 5.07. The molecule has 5 heteroatoms. The van der Waals surface area contributed by atoms with E-state index in [2.05, 4.69) is 0 Å². The van der Waals surface area contributed by atoms with Gasteiger partial charge in [0.15, 0.2) is 6.10 Å². The van der Waals surface area contributed by atoms with Crippen LogP contribution in [0.2, 0.25) is 0 Å². The second-order valence-electron chi connectivity index (χ2n) is 5.38. The first kappa shape index (κ1) is 15.0. The predicted octanol–water partition coefficient (Wildman–Crippen LogP) is 2.91. The lowest BCUT2D eigenvalue weighted by Gasteiger charge is -2.23. The number of rotatable bonds is 2. The van der Waals surface area contributed by atoms with E-state index in [0.717, 1.165) is 5.56 Å². The topological polar surface area (TPSA) is 46.2 Å². The molecule has 0 bridgehead atoms. The van der Waals surface area contributed by atoms with Gasteiger partial charge in [-0.25, -0.2) is 0 Å². The molecule has 0 fully saturated rings. The van der Waals surface area contributed by atoms with Gasteiger partial charge in [-0.2, -0.15) is 13.2 Å². The van der Waals surface area contributed by atoms with Crippen LogP contribution in [0.15, 0.2) is 24.3 Å². The van der Waals surface area contributed by atoms with Crippen LogP contribution in [0, 0.1) is 0 Å². The van der Waals surface area contributed by atoms with Crippen molar-refractivity contribution in [2.24, 2.45) is 5.73 Å². The van der Waals surface area contributed by atoms with Crippen molar-refractivity contribution in [3.05, 3.63) is 35.4 Å². The Kier molecular flexibility index (Phi) is 4.08. The van der Waals surface area contributed by atoms with Crippen LogP contribution in [-0.4, -0.2) is 17.4 Å². The first-order chi connectivity index (χ1) is 8.03. The summed E-state index contributed by atoms with van der Waals surface area (Å²) in [5.74, 6) is 0. The Balaban J connectivity index is 2.93. The van der Waals surface area contributed by atoms with E-state index in [0.29, 0.717) is 0 Å². The minimum atomic E-state index is -4.71. The fraction of sp³-hybridized carbons (Fsp3) is 0.538. The third-order valence-corrected chi connectivity index (χ3v) is 2.84. The van der Waals surface area contributed by atoms with Crippen LogP contribution in [-0.2, 0) is 5.41 Å². The maximum Gasteiger partial charge on any atom is 0.416 e. The average molecular weight is 261 g/mol. The SMILES string of the molecule is CC(C)(C)c1ccc([C@H](N)[C@H](O)C(F)(F)F)cc1. The van der Waals surface area contributed by atoms with Crippen LogP contribution in [0.3, 0.4) is 0 Å². The monoisotopic (exact) mass is 261 g/mol. The number of benzene rings is 1. The zero-order chi connectivity index (χ0) is 14.1. The molecule has 18 heavy (non-hydrogen) atoms. The molecule has 0 aliphatic carbocycles. The van der Waals surface area contributed by atoms with Gasteiger partial charge in [-0.15, -0.1) is 0 Å². The van der Waals surface area contributed by atoms with Crippen molar-refractivity contribution >= 4 is 0 Å².